The first-order valence-electron chi connectivity index (χ1n) is 8.37. The molecule has 2 aromatic heterocycles. The summed E-state index contributed by atoms with van der Waals surface area (Å²) >= 11 is 0.960. The molecule has 0 aliphatic heterocycles. The van der Waals surface area contributed by atoms with Gasteiger partial charge in [0.25, 0.3) is 5.91 Å². The Balaban J connectivity index is 1.97. The molecule has 3 rings (SSSR count). The first kappa shape index (κ1) is 19.8. The number of anilines is 1. The van der Waals surface area contributed by atoms with Crippen molar-refractivity contribution < 1.29 is 27.8 Å². The van der Waals surface area contributed by atoms with E-state index in [2.05, 4.69) is 4.98 Å². The molecule has 3 aromatic rings. The van der Waals surface area contributed by atoms with Crippen LogP contribution in [0.5, 0.6) is 0 Å². The first-order chi connectivity index (χ1) is 13.3. The van der Waals surface area contributed by atoms with Gasteiger partial charge in [-0.1, -0.05) is 11.3 Å². The van der Waals surface area contributed by atoms with Gasteiger partial charge in [-0.15, -0.1) is 0 Å². The van der Waals surface area contributed by atoms with Crippen molar-refractivity contribution in [2.45, 2.75) is 6.42 Å². The average molecular weight is 411 g/mol. The van der Waals surface area contributed by atoms with Crippen molar-refractivity contribution in [1.82, 2.24) is 4.98 Å². The van der Waals surface area contributed by atoms with Gasteiger partial charge < -0.3 is 9.32 Å². The Morgan fingerprint density at radius 3 is 2.75 bits per heavy atom. The Hall–Kier alpha value is -2.92. The van der Waals surface area contributed by atoms with Crippen LogP contribution >= 0.6 is 11.3 Å². The van der Waals surface area contributed by atoms with E-state index >= 15 is 0 Å². The Bertz CT molecular complexity index is 1030. The number of nitrogens with one attached hydrogen (secondary N) is 1. The minimum atomic E-state index is -0.823. The normalized spacial score (nSPS) is 11.3. The van der Waals surface area contributed by atoms with Crippen molar-refractivity contribution in [3.8, 4) is 0 Å². The van der Waals surface area contributed by atoms with Crippen molar-refractivity contribution in [2.24, 2.45) is 0 Å². The molecule has 0 unspecified atom stereocenters. The predicted octanol–water partition coefficient (Wildman–Crippen LogP) is 2.26. The molecule has 0 saturated heterocycles. The number of fused-ring (bicyclic) bond motifs is 1. The number of furan rings is 1. The van der Waals surface area contributed by atoms with Crippen LogP contribution in [-0.4, -0.2) is 43.0 Å². The summed E-state index contributed by atoms with van der Waals surface area (Å²) in [5.41, 5.74) is -0.0390. The van der Waals surface area contributed by atoms with Crippen molar-refractivity contribution >= 4 is 38.5 Å². The quantitative estimate of drug-likeness (QED) is 0.475. The minimum absolute atomic E-state index is 0.0390. The number of benzene rings is 1. The Morgan fingerprint density at radius 1 is 1.36 bits per heavy atom. The maximum atomic E-state index is 14.0. The zero-order valence-corrected chi connectivity index (χ0v) is 15.9. The number of carbonyl (C=O) groups excluding carboxylic acids is 1. The molecule has 1 N–H and O–H groups in total. The Kier molecular flexibility index (Phi) is 5.66. The van der Waals surface area contributed by atoms with Crippen LogP contribution in [0.15, 0.2) is 28.7 Å². The fraction of sp³-hybridized carbons (Fsp3) is 0.294. The van der Waals surface area contributed by atoms with Gasteiger partial charge in [0.2, 0.25) is 0 Å². The van der Waals surface area contributed by atoms with Crippen molar-refractivity contribution in [3.63, 3.8) is 0 Å². The lowest BCUT2D eigenvalue weighted by atomic mass is 10.3. The van der Waals surface area contributed by atoms with Gasteiger partial charge in [0.15, 0.2) is 16.7 Å². The topological polar surface area (TPSA) is 93.9 Å². The van der Waals surface area contributed by atoms with Gasteiger partial charge in [0, 0.05) is 19.0 Å². The number of hydrogen-bond donors (Lipinski definition) is 1. The molecule has 148 valence electrons. The van der Waals surface area contributed by atoms with Crippen LogP contribution in [0.3, 0.4) is 0 Å². The molecule has 1 amide bonds. The highest BCUT2D eigenvalue weighted by Crippen LogP contribution is 2.32. The van der Waals surface area contributed by atoms with E-state index < -0.39 is 28.3 Å². The van der Waals surface area contributed by atoms with Crippen molar-refractivity contribution in [3.05, 3.63) is 51.8 Å². The third-order valence-corrected chi connectivity index (χ3v) is 4.94. The lowest BCUT2D eigenvalue weighted by molar-refractivity contribution is -0.858. The summed E-state index contributed by atoms with van der Waals surface area (Å²) in [4.78, 5) is 29.5. The molecule has 0 aliphatic rings. The van der Waals surface area contributed by atoms with Gasteiger partial charge in [0.05, 0.1) is 31.4 Å². The van der Waals surface area contributed by atoms with Crippen LogP contribution in [0.1, 0.15) is 17.0 Å². The third-order valence-electron chi connectivity index (χ3n) is 3.92. The summed E-state index contributed by atoms with van der Waals surface area (Å²) in [6.07, 6.45) is 0.601. The molecule has 28 heavy (non-hydrogen) atoms. The molecule has 8 nitrogen and oxygen atoms in total. The van der Waals surface area contributed by atoms with Gasteiger partial charge in [0.1, 0.15) is 16.3 Å². The second kappa shape index (κ2) is 7.98. The monoisotopic (exact) mass is 411 g/mol. The average Bonchev–Trinajstić information content (AvgIpc) is 3.25. The molecule has 0 atom stereocenters. The van der Waals surface area contributed by atoms with Gasteiger partial charge in [-0.25, -0.2) is 13.8 Å². The maximum absolute atomic E-state index is 14.0. The predicted molar refractivity (Wildman–Crippen MR) is 98.9 cm³/mol. The Labute approximate surface area is 162 Å². The third kappa shape index (κ3) is 4.15. The maximum Gasteiger partial charge on any atom is 0.433 e. The van der Waals surface area contributed by atoms with Gasteiger partial charge in [-0.3, -0.25) is 19.8 Å². The molecule has 2 heterocycles. The summed E-state index contributed by atoms with van der Waals surface area (Å²) in [6, 6.07) is 4.16. The molecule has 0 saturated carbocycles. The van der Waals surface area contributed by atoms with E-state index in [0.717, 1.165) is 36.1 Å². The largest absolute Gasteiger partial charge is 0.433 e. The standard InChI is InChI=1S/C17H16F2N4O4S/c1-21(2)6-3-7-22(16(24)12-4-5-14(27-12)23(25)26)17-20-15-11(19)8-10(18)9-13(15)28-17/h4-5,8-9H,3,6-7H2,1-2H3/p+1. The lowest BCUT2D eigenvalue weighted by Crippen LogP contribution is -3.05. The zero-order valence-electron chi connectivity index (χ0n) is 15.1. The van der Waals surface area contributed by atoms with Crippen LogP contribution < -0.4 is 9.80 Å². The van der Waals surface area contributed by atoms with Crippen LogP contribution in [0, 0.1) is 21.7 Å². The molecular formula is C17H17F2N4O4S+. The molecule has 0 aliphatic carbocycles. The number of quaternary nitrogens is 1. The zero-order chi connectivity index (χ0) is 20.4. The summed E-state index contributed by atoms with van der Waals surface area (Å²) in [6.45, 7) is 0.985. The number of nitro groups is 1. The second-order valence-electron chi connectivity index (χ2n) is 6.39. The molecule has 0 spiro atoms. The smallest absolute Gasteiger partial charge is 0.395 e. The van der Waals surface area contributed by atoms with Crippen molar-refractivity contribution in [2.75, 3.05) is 32.1 Å². The van der Waals surface area contributed by atoms with Crippen LogP contribution in [-0.2, 0) is 0 Å². The van der Waals surface area contributed by atoms with E-state index in [4.69, 9.17) is 4.42 Å². The summed E-state index contributed by atoms with van der Waals surface area (Å²) in [7, 11) is 3.91. The second-order valence-corrected chi connectivity index (χ2v) is 7.40. The van der Waals surface area contributed by atoms with Gasteiger partial charge >= 0.3 is 5.88 Å². The number of rotatable bonds is 7. The van der Waals surface area contributed by atoms with E-state index in [1.807, 2.05) is 14.1 Å². The number of nitrogens with zero attached hydrogens (tertiary/aromatic N) is 3. The molecular weight excluding hydrogens is 394 g/mol. The minimum Gasteiger partial charge on any atom is -0.395 e. The molecule has 0 bridgehead atoms. The van der Waals surface area contributed by atoms with E-state index in [1.54, 1.807) is 0 Å². The molecule has 1 aromatic carbocycles. The van der Waals surface area contributed by atoms with E-state index in [1.165, 1.54) is 15.9 Å². The van der Waals surface area contributed by atoms with Crippen LogP contribution in [0.4, 0.5) is 19.8 Å². The molecule has 11 heteroatoms. The number of carbonyl (C=O) groups is 1. The van der Waals surface area contributed by atoms with E-state index in [9.17, 15) is 23.7 Å². The van der Waals surface area contributed by atoms with Crippen molar-refractivity contribution in [1.29, 1.82) is 0 Å². The number of halogens is 2. The first-order valence-corrected chi connectivity index (χ1v) is 9.18. The van der Waals surface area contributed by atoms with E-state index in [-0.39, 0.29) is 27.7 Å². The van der Waals surface area contributed by atoms with Crippen LogP contribution in [0.25, 0.3) is 10.2 Å². The highest BCUT2D eigenvalue weighted by atomic mass is 32.1. The van der Waals surface area contributed by atoms with Gasteiger partial charge in [-0.05, 0) is 12.1 Å². The fourth-order valence-corrected chi connectivity index (χ4v) is 3.64. The number of aromatic nitrogens is 1. The Morgan fingerprint density at radius 2 is 2.11 bits per heavy atom. The number of thiazole rings is 1. The highest BCUT2D eigenvalue weighted by molar-refractivity contribution is 7.22. The summed E-state index contributed by atoms with van der Waals surface area (Å²) < 4.78 is 32.7. The summed E-state index contributed by atoms with van der Waals surface area (Å²) in [5.74, 6) is -2.98. The fourth-order valence-electron chi connectivity index (χ4n) is 2.61. The SMILES string of the molecule is C[NH+](C)CCCN(C(=O)c1ccc([N+](=O)[O-])o1)c1nc2c(F)cc(F)cc2s1. The molecule has 0 fully saturated rings. The lowest BCUT2D eigenvalue weighted by Gasteiger charge is -2.19. The van der Waals surface area contributed by atoms with Gasteiger partial charge in [-0.2, -0.15) is 0 Å². The summed E-state index contributed by atoms with van der Waals surface area (Å²) in [5, 5.41) is 11.0. The number of amides is 1. The molecule has 0 radical (unpaired) electrons. The van der Waals surface area contributed by atoms with E-state index in [0.29, 0.717) is 6.42 Å². The number of hydrogen-bond acceptors (Lipinski definition) is 6. The highest BCUT2D eigenvalue weighted by Gasteiger charge is 2.26. The van der Waals surface area contributed by atoms with Crippen LogP contribution in [0.2, 0.25) is 0 Å².